The number of aromatic nitrogens is 2. The molecular weight excluding hydrogens is 318 g/mol. The van der Waals surface area contributed by atoms with Gasteiger partial charge in [0.15, 0.2) is 5.69 Å². The molecule has 6 heteroatoms. The van der Waals surface area contributed by atoms with Gasteiger partial charge in [-0.05, 0) is 56.4 Å². The normalized spacial score (nSPS) is 17.1. The Balaban J connectivity index is 1.81. The first kappa shape index (κ1) is 17.5. The second-order valence-corrected chi connectivity index (χ2v) is 6.48. The maximum absolute atomic E-state index is 12.8. The Labute approximate surface area is 148 Å². The highest BCUT2D eigenvalue weighted by Gasteiger charge is 2.30. The topological polar surface area (TPSA) is 67.6 Å². The van der Waals surface area contributed by atoms with Crippen LogP contribution in [0.2, 0.25) is 0 Å². The van der Waals surface area contributed by atoms with Gasteiger partial charge in [-0.1, -0.05) is 6.07 Å². The molecule has 0 aliphatic carbocycles. The lowest BCUT2D eigenvalue weighted by atomic mass is 10.1. The third-order valence-electron chi connectivity index (χ3n) is 4.72. The third kappa shape index (κ3) is 3.69. The summed E-state index contributed by atoms with van der Waals surface area (Å²) in [6.45, 7) is 2.93. The van der Waals surface area contributed by atoms with Crippen LogP contribution in [0.4, 0.5) is 0 Å². The van der Waals surface area contributed by atoms with Crippen molar-refractivity contribution in [3.63, 3.8) is 0 Å². The molecule has 0 bridgehead atoms. The molecule has 6 nitrogen and oxygen atoms in total. The number of benzene rings is 1. The number of aliphatic hydroxyl groups excluding tert-OH is 1. The Morgan fingerprint density at radius 3 is 3.00 bits per heavy atom. The number of hydrogen-bond acceptors (Lipinski definition) is 4. The quantitative estimate of drug-likeness (QED) is 0.875. The summed E-state index contributed by atoms with van der Waals surface area (Å²) in [6, 6.07) is 7.83. The maximum Gasteiger partial charge on any atom is 0.274 e. The van der Waals surface area contributed by atoms with Crippen molar-refractivity contribution in [1.82, 2.24) is 14.7 Å². The van der Waals surface area contributed by atoms with Gasteiger partial charge in [0.1, 0.15) is 11.4 Å². The van der Waals surface area contributed by atoms with Crippen LogP contribution in [0.25, 0.3) is 5.69 Å². The number of amides is 1. The van der Waals surface area contributed by atoms with Crippen LogP contribution in [0.15, 0.2) is 30.5 Å². The van der Waals surface area contributed by atoms with Crippen molar-refractivity contribution in [1.29, 1.82) is 0 Å². The summed E-state index contributed by atoms with van der Waals surface area (Å²) in [5, 5.41) is 13.5. The summed E-state index contributed by atoms with van der Waals surface area (Å²) in [5.74, 6) is 0.681. The van der Waals surface area contributed by atoms with Crippen molar-refractivity contribution in [3.05, 3.63) is 41.7 Å². The molecular formula is C19H25N3O3. The van der Waals surface area contributed by atoms with Crippen molar-refractivity contribution in [2.24, 2.45) is 0 Å². The molecule has 2 aromatic rings. The van der Waals surface area contributed by atoms with E-state index in [1.165, 1.54) is 0 Å². The van der Waals surface area contributed by atoms with Crippen molar-refractivity contribution in [2.75, 3.05) is 20.3 Å². The molecule has 134 valence electrons. The van der Waals surface area contributed by atoms with Gasteiger partial charge in [-0.25, -0.2) is 4.68 Å². The highest BCUT2D eigenvalue weighted by molar-refractivity contribution is 5.92. The van der Waals surface area contributed by atoms with Gasteiger partial charge >= 0.3 is 0 Å². The molecule has 0 spiro atoms. The summed E-state index contributed by atoms with van der Waals surface area (Å²) in [7, 11) is 1.62. The van der Waals surface area contributed by atoms with Crippen LogP contribution in [-0.2, 0) is 0 Å². The van der Waals surface area contributed by atoms with E-state index >= 15 is 0 Å². The van der Waals surface area contributed by atoms with Gasteiger partial charge in [-0.3, -0.25) is 4.79 Å². The standard InChI is InChI=1S/C19H25N3O3/c1-14-7-8-18(25-2)17(13-14)22-11-9-16(20-22)19(24)21-10-3-5-15(21)6-4-12-23/h7-9,11,13,15,23H,3-6,10,12H2,1-2H3. The Kier molecular flexibility index (Phi) is 5.38. The zero-order valence-corrected chi connectivity index (χ0v) is 14.8. The zero-order valence-electron chi connectivity index (χ0n) is 14.8. The minimum Gasteiger partial charge on any atom is -0.494 e. The molecule has 1 unspecified atom stereocenters. The van der Waals surface area contributed by atoms with Crippen molar-refractivity contribution in [2.45, 2.75) is 38.6 Å². The molecule has 2 heterocycles. The molecule has 1 aromatic carbocycles. The minimum atomic E-state index is -0.0363. The predicted octanol–water partition coefficient (Wildman–Crippen LogP) is 2.57. The number of ether oxygens (including phenoxy) is 1. The fourth-order valence-electron chi connectivity index (χ4n) is 3.43. The minimum absolute atomic E-state index is 0.0363. The summed E-state index contributed by atoms with van der Waals surface area (Å²) < 4.78 is 7.10. The molecule has 1 atom stereocenters. The van der Waals surface area contributed by atoms with E-state index in [1.54, 1.807) is 24.1 Å². The number of likely N-dealkylation sites (tertiary alicyclic amines) is 1. The van der Waals surface area contributed by atoms with Gasteiger partial charge in [-0.15, -0.1) is 0 Å². The van der Waals surface area contributed by atoms with E-state index < -0.39 is 0 Å². The summed E-state index contributed by atoms with van der Waals surface area (Å²) in [4.78, 5) is 14.7. The number of aliphatic hydroxyl groups is 1. The number of hydrogen-bond donors (Lipinski definition) is 1. The van der Waals surface area contributed by atoms with E-state index in [1.807, 2.05) is 30.0 Å². The monoisotopic (exact) mass is 343 g/mol. The van der Waals surface area contributed by atoms with E-state index in [-0.39, 0.29) is 18.6 Å². The van der Waals surface area contributed by atoms with Crippen LogP contribution in [0, 0.1) is 6.92 Å². The first-order valence-corrected chi connectivity index (χ1v) is 8.76. The second kappa shape index (κ2) is 7.70. The van der Waals surface area contributed by atoms with Gasteiger partial charge in [0.05, 0.1) is 7.11 Å². The fraction of sp³-hybridized carbons (Fsp3) is 0.474. The molecule has 1 amide bonds. The molecule has 1 N–H and O–H groups in total. The predicted molar refractivity (Wildman–Crippen MR) is 95.2 cm³/mol. The number of nitrogens with zero attached hydrogens (tertiary/aromatic N) is 3. The lowest BCUT2D eigenvalue weighted by molar-refractivity contribution is 0.0718. The average molecular weight is 343 g/mol. The highest BCUT2D eigenvalue weighted by atomic mass is 16.5. The smallest absolute Gasteiger partial charge is 0.274 e. The molecule has 1 aromatic heterocycles. The molecule has 1 fully saturated rings. The summed E-state index contributed by atoms with van der Waals surface area (Å²) in [6.07, 6.45) is 5.37. The van der Waals surface area contributed by atoms with Crippen molar-refractivity contribution >= 4 is 5.91 Å². The first-order valence-electron chi connectivity index (χ1n) is 8.76. The van der Waals surface area contributed by atoms with E-state index in [9.17, 15) is 4.79 Å². The molecule has 0 saturated carbocycles. The van der Waals surface area contributed by atoms with Gasteiger partial charge in [0, 0.05) is 25.4 Å². The second-order valence-electron chi connectivity index (χ2n) is 6.48. The maximum atomic E-state index is 12.8. The van der Waals surface area contributed by atoms with Gasteiger partial charge in [0.2, 0.25) is 0 Å². The number of rotatable bonds is 6. The lowest BCUT2D eigenvalue weighted by Gasteiger charge is -2.23. The number of methoxy groups -OCH3 is 1. The number of aryl methyl sites for hydroxylation is 1. The molecule has 1 aliphatic heterocycles. The Bertz CT molecular complexity index is 741. The van der Waals surface area contributed by atoms with Crippen LogP contribution in [-0.4, -0.2) is 52.0 Å². The van der Waals surface area contributed by atoms with Crippen molar-refractivity contribution in [3.8, 4) is 11.4 Å². The van der Waals surface area contributed by atoms with E-state index in [0.717, 1.165) is 49.2 Å². The molecule has 3 rings (SSSR count). The van der Waals surface area contributed by atoms with Gasteiger partial charge < -0.3 is 14.7 Å². The van der Waals surface area contributed by atoms with Crippen LogP contribution in [0.5, 0.6) is 5.75 Å². The zero-order chi connectivity index (χ0) is 17.8. The van der Waals surface area contributed by atoms with Crippen LogP contribution < -0.4 is 4.74 Å². The Morgan fingerprint density at radius 1 is 1.40 bits per heavy atom. The van der Waals surface area contributed by atoms with E-state index in [4.69, 9.17) is 9.84 Å². The fourth-order valence-corrected chi connectivity index (χ4v) is 3.43. The van der Waals surface area contributed by atoms with E-state index in [2.05, 4.69) is 5.10 Å². The number of carbonyl (C=O) groups is 1. The highest BCUT2D eigenvalue weighted by Crippen LogP contribution is 2.25. The van der Waals surface area contributed by atoms with Crippen LogP contribution in [0.3, 0.4) is 0 Å². The summed E-state index contributed by atoms with van der Waals surface area (Å²) >= 11 is 0. The third-order valence-corrected chi connectivity index (χ3v) is 4.72. The summed E-state index contributed by atoms with van der Waals surface area (Å²) in [5.41, 5.74) is 2.36. The SMILES string of the molecule is COc1ccc(C)cc1-n1ccc(C(=O)N2CCCC2CCCO)n1. The molecule has 0 radical (unpaired) electrons. The lowest BCUT2D eigenvalue weighted by Crippen LogP contribution is -2.36. The van der Waals surface area contributed by atoms with Crippen LogP contribution >= 0.6 is 0 Å². The van der Waals surface area contributed by atoms with Gasteiger partial charge in [-0.2, -0.15) is 5.10 Å². The number of carbonyl (C=O) groups excluding carboxylic acids is 1. The van der Waals surface area contributed by atoms with Gasteiger partial charge in [0.25, 0.3) is 5.91 Å². The Morgan fingerprint density at radius 2 is 2.24 bits per heavy atom. The molecule has 1 aliphatic rings. The van der Waals surface area contributed by atoms with E-state index in [0.29, 0.717) is 5.69 Å². The molecule has 1 saturated heterocycles. The largest absolute Gasteiger partial charge is 0.494 e. The first-order chi connectivity index (χ1) is 12.1. The average Bonchev–Trinajstić information content (AvgIpc) is 3.28. The Hall–Kier alpha value is -2.34. The van der Waals surface area contributed by atoms with Crippen LogP contribution in [0.1, 0.15) is 41.7 Å². The molecule has 25 heavy (non-hydrogen) atoms. The van der Waals surface area contributed by atoms with Crippen molar-refractivity contribution < 1.29 is 14.6 Å².